The number of allylic oxidation sites excluding steroid dienone is 1. The Labute approximate surface area is 345 Å². The van der Waals surface area contributed by atoms with Crippen molar-refractivity contribution in [3.63, 3.8) is 0 Å². The fraction of sp³-hybridized carbons (Fsp3) is 0.302. The number of aromatic nitrogens is 2. The minimum absolute atomic E-state index is 0.0106. The van der Waals surface area contributed by atoms with Crippen molar-refractivity contribution >= 4 is 33.2 Å². The van der Waals surface area contributed by atoms with Crippen molar-refractivity contribution in [1.29, 1.82) is 0 Å². The molecule has 0 bridgehead atoms. The molecule has 5 aromatic carbocycles. The molecule has 0 N–H and O–H groups in total. The van der Waals surface area contributed by atoms with E-state index in [1.54, 1.807) is 0 Å². The Hall–Kier alpha value is -5.81. The first-order valence-electron chi connectivity index (χ1n) is 20.6. The summed E-state index contributed by atoms with van der Waals surface area (Å²) in [6.45, 7) is 25.7. The predicted molar refractivity (Wildman–Crippen MR) is 245 cm³/mol. The summed E-state index contributed by atoms with van der Waals surface area (Å²) in [4.78, 5) is 9.75. The largest absolute Gasteiger partial charge is 0.457 e. The van der Waals surface area contributed by atoms with Crippen molar-refractivity contribution in [2.45, 2.75) is 97.8 Å². The van der Waals surface area contributed by atoms with E-state index in [9.17, 15) is 0 Å². The first-order valence-corrected chi connectivity index (χ1v) is 20.6. The molecule has 7 aromatic rings. The number of anilines is 2. The Morgan fingerprint density at radius 3 is 1.86 bits per heavy atom. The van der Waals surface area contributed by atoms with Gasteiger partial charge in [0.15, 0.2) is 0 Å². The molecule has 0 unspecified atom stereocenters. The Kier molecular flexibility index (Phi) is 9.58. The SMILES string of the molecule is CC(C)(C)c1cccc(N2C=C(C(C)(C)c3ccccc3)N(c3cccc(Oc4ccc5c6cc(C(C)(C)C)ccc6n(-c6cc(C(C)(C)C)ccn6)c5c4)c3)C2)c1. The average Bonchev–Trinajstić information content (AvgIpc) is 3.78. The molecule has 0 atom stereocenters. The van der Waals surface area contributed by atoms with Crippen LogP contribution in [-0.2, 0) is 21.7 Å². The second-order valence-electron chi connectivity index (χ2n) is 19.6. The van der Waals surface area contributed by atoms with E-state index in [2.05, 4.69) is 224 Å². The van der Waals surface area contributed by atoms with Gasteiger partial charge in [-0.05, 0) is 99.2 Å². The minimum atomic E-state index is -0.266. The highest BCUT2D eigenvalue weighted by atomic mass is 16.5. The number of fused-ring (bicyclic) bond motifs is 3. The van der Waals surface area contributed by atoms with Crippen molar-refractivity contribution in [3.8, 4) is 17.3 Å². The van der Waals surface area contributed by atoms with Crippen LogP contribution < -0.4 is 14.5 Å². The molecule has 58 heavy (non-hydrogen) atoms. The molecule has 0 aliphatic carbocycles. The summed E-state index contributed by atoms with van der Waals surface area (Å²) >= 11 is 0. The highest BCUT2D eigenvalue weighted by Crippen LogP contribution is 2.43. The summed E-state index contributed by atoms with van der Waals surface area (Å²) < 4.78 is 9.10. The summed E-state index contributed by atoms with van der Waals surface area (Å²) in [6, 6.07) is 46.0. The molecule has 0 saturated carbocycles. The topological polar surface area (TPSA) is 33.5 Å². The summed E-state index contributed by atoms with van der Waals surface area (Å²) in [5.41, 5.74) is 10.6. The normalized spacial score (nSPS) is 14.1. The third kappa shape index (κ3) is 7.39. The van der Waals surface area contributed by atoms with Crippen molar-refractivity contribution in [2.75, 3.05) is 16.5 Å². The van der Waals surface area contributed by atoms with Crippen LogP contribution in [0.15, 0.2) is 145 Å². The summed E-state index contributed by atoms with van der Waals surface area (Å²) in [5, 5.41) is 2.39. The van der Waals surface area contributed by atoms with Gasteiger partial charge in [-0.15, -0.1) is 0 Å². The molecule has 1 aliphatic heterocycles. The van der Waals surface area contributed by atoms with Crippen LogP contribution >= 0.6 is 0 Å². The van der Waals surface area contributed by atoms with E-state index in [0.717, 1.165) is 34.0 Å². The number of ether oxygens (including phenoxy) is 1. The van der Waals surface area contributed by atoms with E-state index in [1.807, 2.05) is 6.20 Å². The summed E-state index contributed by atoms with van der Waals surface area (Å²) in [6.07, 6.45) is 4.27. The lowest BCUT2D eigenvalue weighted by Gasteiger charge is -2.34. The Morgan fingerprint density at radius 2 is 1.14 bits per heavy atom. The zero-order chi connectivity index (χ0) is 41.2. The van der Waals surface area contributed by atoms with E-state index >= 15 is 0 Å². The molecule has 2 aromatic heterocycles. The van der Waals surface area contributed by atoms with Crippen LogP contribution in [0.3, 0.4) is 0 Å². The maximum absolute atomic E-state index is 6.81. The minimum Gasteiger partial charge on any atom is -0.457 e. The molecule has 0 saturated heterocycles. The molecular formula is C53H58N4O. The standard InChI is InChI=1S/C53H58N4O/c1-50(2,3)37-19-15-20-40(29-37)55-34-48(53(10,11)36-17-13-12-14-18-36)56(35-55)41-21-16-22-42(32-41)58-43-24-25-44-45-30-38(51(4,5)6)23-26-46(45)57(47(44)33-43)49-31-39(27-28-54-49)52(7,8)9/h12-34H,35H2,1-11H3. The summed E-state index contributed by atoms with van der Waals surface area (Å²) in [5.74, 6) is 2.47. The molecule has 296 valence electrons. The van der Waals surface area contributed by atoms with E-state index in [-0.39, 0.29) is 21.7 Å². The van der Waals surface area contributed by atoms with Crippen LogP contribution in [0.4, 0.5) is 11.4 Å². The van der Waals surface area contributed by atoms with Gasteiger partial charge in [0.2, 0.25) is 0 Å². The van der Waals surface area contributed by atoms with Crippen LogP contribution in [-0.4, -0.2) is 16.2 Å². The highest BCUT2D eigenvalue weighted by Gasteiger charge is 2.36. The van der Waals surface area contributed by atoms with Crippen LogP contribution in [0, 0.1) is 0 Å². The van der Waals surface area contributed by atoms with Gasteiger partial charge in [0.1, 0.15) is 17.3 Å². The van der Waals surface area contributed by atoms with Gasteiger partial charge in [-0.3, -0.25) is 4.57 Å². The molecule has 0 radical (unpaired) electrons. The van der Waals surface area contributed by atoms with Crippen LogP contribution in [0.5, 0.6) is 11.5 Å². The second-order valence-corrected chi connectivity index (χ2v) is 19.6. The number of nitrogens with zero attached hydrogens (tertiary/aromatic N) is 4. The van der Waals surface area contributed by atoms with Gasteiger partial charge in [0.25, 0.3) is 0 Å². The van der Waals surface area contributed by atoms with Gasteiger partial charge in [-0.1, -0.05) is 131 Å². The van der Waals surface area contributed by atoms with Crippen LogP contribution in [0.25, 0.3) is 27.6 Å². The lowest BCUT2D eigenvalue weighted by Crippen LogP contribution is -2.33. The maximum atomic E-state index is 6.81. The second kappa shape index (κ2) is 14.2. The molecule has 5 nitrogen and oxygen atoms in total. The van der Waals surface area contributed by atoms with Gasteiger partial charge in [-0.2, -0.15) is 0 Å². The van der Waals surface area contributed by atoms with Crippen LogP contribution in [0.1, 0.15) is 98.4 Å². The van der Waals surface area contributed by atoms with Crippen LogP contribution in [0.2, 0.25) is 0 Å². The third-order valence-corrected chi connectivity index (χ3v) is 11.9. The zero-order valence-electron chi connectivity index (χ0n) is 36.2. The van der Waals surface area contributed by atoms with Gasteiger partial charge in [0.05, 0.1) is 17.7 Å². The smallest absolute Gasteiger partial charge is 0.137 e. The average molecular weight is 767 g/mol. The Morgan fingerprint density at radius 1 is 0.500 bits per heavy atom. The number of rotatable bonds is 7. The van der Waals surface area contributed by atoms with Crippen molar-refractivity contribution in [3.05, 3.63) is 168 Å². The van der Waals surface area contributed by atoms with Crippen molar-refractivity contribution < 1.29 is 4.74 Å². The first-order chi connectivity index (χ1) is 27.4. The molecule has 3 heterocycles. The lowest BCUT2D eigenvalue weighted by molar-refractivity contribution is 0.483. The van der Waals surface area contributed by atoms with Crippen molar-refractivity contribution in [2.24, 2.45) is 0 Å². The molecule has 5 heteroatoms. The third-order valence-electron chi connectivity index (χ3n) is 11.9. The lowest BCUT2D eigenvalue weighted by atomic mass is 9.81. The van der Waals surface area contributed by atoms with E-state index in [1.165, 1.54) is 44.4 Å². The fourth-order valence-corrected chi connectivity index (χ4v) is 8.15. The Balaban J connectivity index is 1.19. The number of benzene rings is 5. The quantitative estimate of drug-likeness (QED) is 0.162. The molecule has 0 fully saturated rings. The monoisotopic (exact) mass is 766 g/mol. The molecule has 0 spiro atoms. The van der Waals surface area contributed by atoms with E-state index in [0.29, 0.717) is 6.67 Å². The number of pyridine rings is 1. The maximum Gasteiger partial charge on any atom is 0.137 e. The molecule has 8 rings (SSSR count). The summed E-state index contributed by atoms with van der Waals surface area (Å²) in [7, 11) is 0. The Bertz CT molecular complexity index is 2660. The number of hydrogen-bond acceptors (Lipinski definition) is 4. The van der Waals surface area contributed by atoms with Gasteiger partial charge in [-0.25, -0.2) is 4.98 Å². The van der Waals surface area contributed by atoms with Gasteiger partial charge < -0.3 is 14.5 Å². The first kappa shape index (κ1) is 39.0. The van der Waals surface area contributed by atoms with E-state index in [4.69, 9.17) is 9.72 Å². The van der Waals surface area contributed by atoms with Gasteiger partial charge >= 0.3 is 0 Å². The fourth-order valence-electron chi connectivity index (χ4n) is 8.15. The highest BCUT2D eigenvalue weighted by molar-refractivity contribution is 6.09. The molecule has 1 aliphatic rings. The molecule has 0 amide bonds. The number of hydrogen-bond donors (Lipinski definition) is 0. The predicted octanol–water partition coefficient (Wildman–Crippen LogP) is 14.0. The van der Waals surface area contributed by atoms with Gasteiger partial charge in [0, 0.05) is 57.8 Å². The van der Waals surface area contributed by atoms with Crippen molar-refractivity contribution in [1.82, 2.24) is 9.55 Å². The molecular weight excluding hydrogens is 709 g/mol. The zero-order valence-corrected chi connectivity index (χ0v) is 36.2. The van der Waals surface area contributed by atoms with E-state index < -0.39 is 0 Å².